The number of fused-ring (bicyclic) bond motifs is 2. The van der Waals surface area contributed by atoms with E-state index in [9.17, 15) is 0 Å². The maximum Gasteiger partial charge on any atom is 2.00 e. The number of aryl methyl sites for hydroxylation is 2. The molecule has 0 fully saturated rings. The maximum absolute atomic E-state index is 3.44. The molecule has 6 heteroatoms. The van der Waals surface area contributed by atoms with Gasteiger partial charge in [-0.3, -0.25) is 12.2 Å². The number of hydrogen-bond donors (Lipinski definition) is 0. The molecule has 8 rings (SSSR count). The molecule has 0 saturated carbocycles. The maximum atomic E-state index is 3.44. The summed E-state index contributed by atoms with van der Waals surface area (Å²) in [5, 5.41) is 11.2. The van der Waals surface area contributed by atoms with Crippen LogP contribution in [0.15, 0.2) is 155 Å². The summed E-state index contributed by atoms with van der Waals surface area (Å²) in [6.07, 6.45) is 6.87. The number of halogens is 2. The first-order chi connectivity index (χ1) is 25.6. The first-order valence-electron chi connectivity index (χ1n) is 19.1. The Hall–Kier alpha value is -2.45. The monoisotopic (exact) mass is 962 g/mol. The van der Waals surface area contributed by atoms with E-state index in [0.29, 0.717) is 0 Å². The van der Waals surface area contributed by atoms with Crippen LogP contribution in [0.1, 0.15) is 80.4 Å². The molecule has 0 amide bonds. The molecule has 0 aliphatic heterocycles. The Labute approximate surface area is 390 Å². The zero-order valence-corrected chi connectivity index (χ0v) is 43.2. The van der Waals surface area contributed by atoms with Crippen LogP contribution in [0.4, 0.5) is 0 Å². The van der Waals surface area contributed by atoms with E-state index >= 15 is 0 Å². The van der Waals surface area contributed by atoms with Crippen molar-refractivity contribution in [3.05, 3.63) is 178 Å². The molecule has 2 unspecified atom stereocenters. The number of rotatable bonds is 4. The van der Waals surface area contributed by atoms with Gasteiger partial charge in [-0.1, -0.05) is 144 Å². The van der Waals surface area contributed by atoms with Crippen molar-refractivity contribution in [2.75, 3.05) is 0 Å². The van der Waals surface area contributed by atoms with Gasteiger partial charge in [-0.15, -0.1) is 94.5 Å². The van der Waals surface area contributed by atoms with Crippen LogP contribution in [0.2, 0.25) is 0 Å². The first-order valence-corrected chi connectivity index (χ1v) is 21.1. The van der Waals surface area contributed by atoms with E-state index in [0.717, 1.165) is 17.2 Å². The van der Waals surface area contributed by atoms with Crippen LogP contribution in [-0.4, -0.2) is 0 Å². The predicted octanol–water partition coefficient (Wildman–Crippen LogP) is 7.22. The van der Waals surface area contributed by atoms with Gasteiger partial charge in [0.25, 0.3) is 0 Å². The predicted molar refractivity (Wildman–Crippen MR) is 246 cm³/mol. The Kier molecular flexibility index (Phi) is 21.7. The van der Waals surface area contributed by atoms with Gasteiger partial charge in [-0.05, 0) is 35.6 Å². The van der Waals surface area contributed by atoms with Crippen molar-refractivity contribution >= 4 is 59.9 Å². The third-order valence-corrected chi connectivity index (χ3v) is 14.0. The van der Waals surface area contributed by atoms with E-state index in [4.69, 9.17) is 0 Å². The average molecular weight is 965 g/mol. The van der Waals surface area contributed by atoms with Gasteiger partial charge in [0, 0.05) is 0 Å². The van der Waals surface area contributed by atoms with Gasteiger partial charge in [0.05, 0.1) is 0 Å². The van der Waals surface area contributed by atoms with Crippen molar-refractivity contribution in [2.24, 2.45) is 10.8 Å². The third-order valence-electron chi connectivity index (χ3n) is 11.2. The summed E-state index contributed by atoms with van der Waals surface area (Å²) in [6, 6.07) is 43.6. The Bertz CT molecular complexity index is 2150. The third kappa shape index (κ3) is 13.8. The van der Waals surface area contributed by atoms with E-state index in [1.165, 1.54) is 87.3 Å². The van der Waals surface area contributed by atoms with E-state index in [-0.39, 0.29) is 72.6 Å². The van der Waals surface area contributed by atoms with Crippen LogP contribution in [-0.2, 0) is 52.4 Å². The largest absolute Gasteiger partial charge is 2.00 e. The molecule has 6 aromatic rings. The van der Waals surface area contributed by atoms with E-state index in [1.807, 2.05) is 0 Å². The molecule has 2 atom stereocenters. The van der Waals surface area contributed by atoms with Crippen LogP contribution in [0, 0.1) is 36.8 Å². The SMILES string of the molecule is CC1=[C-]C(C)(C)C(C)=C1C.CC1=[C-]C(C)(C)C(C)=C1C.Cc1ccccc1Pc1cc2ccccc2[cH-]1.Cc1ccccc1Pc1cc2ccccc2[cH-]1.[F-].[F-].[Zr+2].[Zr+2]. The second-order valence-electron chi connectivity index (χ2n) is 15.9. The summed E-state index contributed by atoms with van der Waals surface area (Å²) in [6.45, 7) is 26.2. The minimum Gasteiger partial charge on any atom is -1.00 e. The van der Waals surface area contributed by atoms with Crippen LogP contribution >= 0.6 is 17.2 Å². The van der Waals surface area contributed by atoms with Crippen molar-refractivity contribution in [1.82, 2.24) is 0 Å². The zero-order valence-electron chi connectivity index (χ0n) is 36.3. The molecule has 0 bridgehead atoms. The van der Waals surface area contributed by atoms with Gasteiger partial charge in [0.15, 0.2) is 0 Å². The fourth-order valence-electron chi connectivity index (χ4n) is 7.00. The van der Waals surface area contributed by atoms with Crippen LogP contribution in [0.25, 0.3) is 21.5 Å². The molecular formula is C52H58F2P2Zr2-2. The smallest absolute Gasteiger partial charge is 1.00 e. The molecule has 0 spiro atoms. The molecule has 0 N–H and O–H groups in total. The Morgan fingerprint density at radius 2 is 0.759 bits per heavy atom. The molecule has 2 aliphatic carbocycles. The van der Waals surface area contributed by atoms with Crippen molar-refractivity contribution in [3.63, 3.8) is 0 Å². The molecule has 300 valence electrons. The molecular weight excluding hydrogens is 907 g/mol. The van der Waals surface area contributed by atoms with Gasteiger partial charge < -0.3 is 9.41 Å². The Balaban J connectivity index is 0.000000390. The van der Waals surface area contributed by atoms with Gasteiger partial charge in [0.2, 0.25) is 0 Å². The molecule has 0 heterocycles. The molecule has 58 heavy (non-hydrogen) atoms. The van der Waals surface area contributed by atoms with Crippen molar-refractivity contribution in [2.45, 2.75) is 83.1 Å². The molecule has 0 radical (unpaired) electrons. The zero-order chi connectivity index (χ0) is 39.2. The van der Waals surface area contributed by atoms with Crippen LogP contribution in [0.3, 0.4) is 0 Å². The molecule has 0 nitrogen and oxygen atoms in total. The van der Waals surface area contributed by atoms with E-state index in [2.05, 4.69) is 217 Å². The normalized spacial score (nSPS) is 14.9. The second-order valence-corrected chi connectivity index (χ2v) is 18.6. The van der Waals surface area contributed by atoms with Crippen molar-refractivity contribution in [1.29, 1.82) is 0 Å². The number of allylic oxidation sites excluding steroid dienone is 8. The molecule has 6 aromatic carbocycles. The summed E-state index contributed by atoms with van der Waals surface area (Å²) in [7, 11) is 1.52. The van der Waals surface area contributed by atoms with Gasteiger partial charge >= 0.3 is 52.4 Å². The molecule has 0 aromatic heterocycles. The quantitative estimate of drug-likeness (QED) is 0.130. The molecule has 2 aliphatic rings. The van der Waals surface area contributed by atoms with Crippen LogP contribution in [0.5, 0.6) is 0 Å². The summed E-state index contributed by atoms with van der Waals surface area (Å²) in [5.41, 5.74) is 11.6. The van der Waals surface area contributed by atoms with E-state index < -0.39 is 0 Å². The minimum atomic E-state index is 0. The summed E-state index contributed by atoms with van der Waals surface area (Å²) < 4.78 is 0. The van der Waals surface area contributed by atoms with E-state index in [1.54, 1.807) is 0 Å². The van der Waals surface area contributed by atoms with Crippen molar-refractivity contribution in [3.8, 4) is 0 Å². The fraction of sp³-hybridized carbons (Fsp3) is 0.269. The average Bonchev–Trinajstić information content (AvgIpc) is 3.84. The Morgan fingerprint density at radius 3 is 1.02 bits per heavy atom. The first kappa shape index (κ1) is 53.6. The summed E-state index contributed by atoms with van der Waals surface area (Å²) >= 11 is 0. The van der Waals surface area contributed by atoms with Gasteiger partial charge in [-0.2, -0.15) is 34.4 Å². The fourth-order valence-corrected chi connectivity index (χ4v) is 9.45. The molecule has 0 saturated heterocycles. The summed E-state index contributed by atoms with van der Waals surface area (Å²) in [5.74, 6) is 0. The van der Waals surface area contributed by atoms with Crippen molar-refractivity contribution < 1.29 is 61.8 Å². The second kappa shape index (κ2) is 23.5. The standard InChI is InChI=1S/2C16H14P.2C10H15.2FH.2Zr/c2*1-12-6-2-5-9-16(12)17-15-10-13-7-3-4-8-14(13)11-15;2*1-7-6-10(4,5)9(3)8(7)2;;;;/h2*2-11,17H,1H3;2*1-5H3;2*1H;;/q4*-1;;;2*+2/p-2. The van der Waals surface area contributed by atoms with Crippen LogP contribution < -0.4 is 30.6 Å². The van der Waals surface area contributed by atoms with Gasteiger partial charge in [-0.25, -0.2) is 11.1 Å². The Morgan fingerprint density at radius 1 is 0.448 bits per heavy atom. The topological polar surface area (TPSA) is 0 Å². The number of hydrogen-bond acceptors (Lipinski definition) is 0. The number of benzene rings is 4. The van der Waals surface area contributed by atoms with Gasteiger partial charge in [0.1, 0.15) is 0 Å². The minimum absolute atomic E-state index is 0. The summed E-state index contributed by atoms with van der Waals surface area (Å²) in [4.78, 5) is 0.